The molecular weight excluding hydrogens is 400 g/mol. The summed E-state index contributed by atoms with van der Waals surface area (Å²) in [6.07, 6.45) is -0.372. The number of ether oxygens (including phenoxy) is 2. The first-order chi connectivity index (χ1) is 15.0. The Labute approximate surface area is 179 Å². The second kappa shape index (κ2) is 8.59. The van der Waals surface area contributed by atoms with E-state index >= 15 is 0 Å². The first-order valence-corrected chi connectivity index (χ1v) is 9.99. The summed E-state index contributed by atoms with van der Waals surface area (Å²) in [7, 11) is 1.16. The van der Waals surface area contributed by atoms with Crippen LogP contribution in [0.5, 0.6) is 0 Å². The Morgan fingerprint density at radius 1 is 1.00 bits per heavy atom. The van der Waals surface area contributed by atoms with E-state index in [1.54, 1.807) is 24.3 Å². The molecule has 31 heavy (non-hydrogen) atoms. The molecule has 0 N–H and O–H groups in total. The maximum atomic E-state index is 13.0. The molecule has 0 radical (unpaired) electrons. The van der Waals surface area contributed by atoms with E-state index in [1.807, 2.05) is 36.4 Å². The van der Waals surface area contributed by atoms with Crippen LogP contribution in [-0.4, -0.2) is 53.5 Å². The maximum absolute atomic E-state index is 13.0. The number of hydrogen-bond donors (Lipinski definition) is 0. The van der Waals surface area contributed by atoms with E-state index < -0.39 is 30.0 Å². The number of urea groups is 1. The van der Waals surface area contributed by atoms with Gasteiger partial charge in [-0.25, -0.2) is 19.3 Å². The fraction of sp³-hybridized carbons (Fsp3) is 0.304. The lowest BCUT2D eigenvalue weighted by Crippen LogP contribution is -2.45. The maximum Gasteiger partial charge on any atom is 0.419 e. The van der Waals surface area contributed by atoms with E-state index in [0.29, 0.717) is 11.3 Å². The van der Waals surface area contributed by atoms with Crippen molar-refractivity contribution in [1.82, 2.24) is 9.80 Å². The van der Waals surface area contributed by atoms with Crippen LogP contribution in [0, 0.1) is 5.92 Å². The van der Waals surface area contributed by atoms with E-state index in [0.717, 1.165) is 23.1 Å². The Balaban J connectivity index is 1.46. The van der Waals surface area contributed by atoms with Crippen LogP contribution in [-0.2, 0) is 25.7 Å². The molecule has 3 atom stereocenters. The number of hydrogen-bond acceptors (Lipinski definition) is 6. The number of carbonyl (C=O) groups is 4. The van der Waals surface area contributed by atoms with Gasteiger partial charge in [-0.3, -0.25) is 9.69 Å². The molecule has 1 saturated heterocycles. The van der Waals surface area contributed by atoms with Gasteiger partial charge in [0.2, 0.25) is 5.91 Å². The van der Waals surface area contributed by atoms with Crippen LogP contribution in [0.2, 0.25) is 0 Å². The first-order valence-electron chi connectivity index (χ1n) is 9.99. The Morgan fingerprint density at radius 3 is 2.29 bits per heavy atom. The highest BCUT2D eigenvalue weighted by Gasteiger charge is 2.54. The van der Waals surface area contributed by atoms with E-state index in [9.17, 15) is 19.2 Å². The predicted octanol–water partition coefficient (Wildman–Crippen LogP) is 2.93. The number of benzene rings is 2. The minimum absolute atomic E-state index is 0.0251. The van der Waals surface area contributed by atoms with Gasteiger partial charge in [-0.15, -0.1) is 0 Å². The molecule has 2 aliphatic rings. The van der Waals surface area contributed by atoms with Gasteiger partial charge < -0.3 is 9.47 Å². The molecule has 160 valence electrons. The quantitative estimate of drug-likeness (QED) is 0.688. The Hall–Kier alpha value is -3.68. The summed E-state index contributed by atoms with van der Waals surface area (Å²) in [5, 5.41) is 0. The molecule has 4 rings (SSSR count). The Kier molecular flexibility index (Phi) is 5.70. The molecule has 8 nitrogen and oxygen atoms in total. The molecule has 0 aromatic heterocycles. The highest BCUT2D eigenvalue weighted by molar-refractivity contribution is 6.07. The topological polar surface area (TPSA) is 93.2 Å². The summed E-state index contributed by atoms with van der Waals surface area (Å²) >= 11 is 0. The third-order valence-corrected chi connectivity index (χ3v) is 5.58. The molecule has 2 aromatic carbocycles. The van der Waals surface area contributed by atoms with Crippen LogP contribution in [0.4, 0.5) is 9.59 Å². The second-order valence-corrected chi connectivity index (χ2v) is 7.54. The smallest absolute Gasteiger partial charge is 0.419 e. The Morgan fingerprint density at radius 2 is 1.65 bits per heavy atom. The summed E-state index contributed by atoms with van der Waals surface area (Å²) < 4.78 is 9.96. The molecule has 1 aliphatic carbocycles. The molecule has 2 aromatic rings. The number of amides is 4. The molecule has 1 aliphatic heterocycles. The van der Waals surface area contributed by atoms with Gasteiger partial charge in [-0.2, -0.15) is 0 Å². The molecule has 8 heteroatoms. The molecule has 2 fully saturated rings. The molecule has 0 bridgehead atoms. The summed E-state index contributed by atoms with van der Waals surface area (Å²) in [4.78, 5) is 52.4. The fourth-order valence-corrected chi connectivity index (χ4v) is 3.83. The van der Waals surface area contributed by atoms with E-state index in [1.165, 1.54) is 0 Å². The van der Waals surface area contributed by atoms with Crippen molar-refractivity contribution in [3.05, 3.63) is 71.8 Å². The molecular formula is C23H22N2O6. The van der Waals surface area contributed by atoms with Crippen LogP contribution < -0.4 is 0 Å². The fourth-order valence-electron chi connectivity index (χ4n) is 3.83. The van der Waals surface area contributed by atoms with E-state index in [-0.39, 0.29) is 25.0 Å². The van der Waals surface area contributed by atoms with Crippen LogP contribution in [0.3, 0.4) is 0 Å². The van der Waals surface area contributed by atoms with Crippen molar-refractivity contribution < 1.29 is 28.7 Å². The highest BCUT2D eigenvalue weighted by atomic mass is 16.6. The second-order valence-electron chi connectivity index (χ2n) is 7.54. The van der Waals surface area contributed by atoms with Crippen LogP contribution in [0.15, 0.2) is 60.7 Å². The minimum atomic E-state index is -1.24. The van der Waals surface area contributed by atoms with Crippen molar-refractivity contribution in [2.75, 3.05) is 13.7 Å². The summed E-state index contributed by atoms with van der Waals surface area (Å²) in [5.74, 6) is -1.51. The number of methoxy groups -OCH3 is 1. The molecule has 0 unspecified atom stereocenters. The summed E-state index contributed by atoms with van der Waals surface area (Å²) in [6, 6.07) is 16.4. The van der Waals surface area contributed by atoms with Crippen molar-refractivity contribution in [3.63, 3.8) is 0 Å². The molecule has 0 spiro atoms. The zero-order valence-corrected chi connectivity index (χ0v) is 17.0. The van der Waals surface area contributed by atoms with Crippen LogP contribution in [0.1, 0.15) is 23.5 Å². The van der Waals surface area contributed by atoms with Gasteiger partial charge in [0, 0.05) is 5.92 Å². The van der Waals surface area contributed by atoms with Crippen molar-refractivity contribution in [1.29, 1.82) is 0 Å². The van der Waals surface area contributed by atoms with Crippen LogP contribution in [0.25, 0.3) is 0 Å². The van der Waals surface area contributed by atoms with Gasteiger partial charge in [0.05, 0.1) is 13.7 Å². The Bertz CT molecular complexity index is 994. The first kappa shape index (κ1) is 20.6. The number of imide groups is 2. The molecule has 1 heterocycles. The number of nitrogens with zero attached hydrogens (tertiary/aromatic N) is 2. The third kappa shape index (κ3) is 4.14. The average molecular weight is 422 g/mol. The van der Waals surface area contributed by atoms with Gasteiger partial charge in [-0.1, -0.05) is 60.7 Å². The van der Waals surface area contributed by atoms with Crippen LogP contribution >= 0.6 is 0 Å². The van der Waals surface area contributed by atoms with E-state index in [4.69, 9.17) is 9.47 Å². The summed E-state index contributed by atoms with van der Waals surface area (Å²) in [5.41, 5.74) is 1.75. The van der Waals surface area contributed by atoms with Gasteiger partial charge >= 0.3 is 18.1 Å². The molecule has 4 amide bonds. The zero-order chi connectivity index (χ0) is 22.0. The van der Waals surface area contributed by atoms with Gasteiger partial charge in [0.1, 0.15) is 6.61 Å². The number of carbonyl (C=O) groups excluding carboxylic acids is 4. The lowest BCUT2D eigenvalue weighted by Gasteiger charge is -2.19. The SMILES string of the molecule is COC(=O)[C@@H]1CN(C(=O)[C@@H]2C[C@H]2c2ccccc2)C(=O)N1C(=O)OCc1ccccc1. The van der Waals surface area contributed by atoms with Gasteiger partial charge in [0.15, 0.2) is 6.04 Å². The van der Waals surface area contributed by atoms with Gasteiger partial charge in [0.25, 0.3) is 0 Å². The summed E-state index contributed by atoms with van der Waals surface area (Å²) in [6.45, 7) is -0.313. The third-order valence-electron chi connectivity index (χ3n) is 5.58. The number of rotatable bonds is 5. The lowest BCUT2D eigenvalue weighted by atomic mass is 10.1. The normalized spacial score (nSPS) is 22.2. The van der Waals surface area contributed by atoms with E-state index in [2.05, 4.69) is 0 Å². The molecule has 1 saturated carbocycles. The standard InChI is InChI=1S/C23H22N2O6/c1-30-21(27)19-13-24(20(26)18-12-17(18)16-10-6-3-7-11-16)22(28)25(19)23(29)31-14-15-8-4-2-5-9-15/h2-11,17-19H,12-14H2,1H3/t17-,18+,19-/m0/s1. The number of esters is 1. The van der Waals surface area contributed by atoms with Crippen molar-refractivity contribution in [2.45, 2.75) is 25.0 Å². The zero-order valence-electron chi connectivity index (χ0n) is 17.0. The van der Waals surface area contributed by atoms with Crippen molar-refractivity contribution in [2.24, 2.45) is 5.92 Å². The monoisotopic (exact) mass is 422 g/mol. The largest absolute Gasteiger partial charge is 0.467 e. The van der Waals surface area contributed by atoms with Crippen molar-refractivity contribution >= 4 is 24.0 Å². The highest BCUT2D eigenvalue weighted by Crippen LogP contribution is 2.48. The van der Waals surface area contributed by atoms with Crippen molar-refractivity contribution in [3.8, 4) is 0 Å². The average Bonchev–Trinajstić information content (AvgIpc) is 3.54. The minimum Gasteiger partial charge on any atom is -0.467 e. The lowest BCUT2D eigenvalue weighted by molar-refractivity contribution is -0.144. The van der Waals surface area contributed by atoms with Gasteiger partial charge in [-0.05, 0) is 23.5 Å². The predicted molar refractivity (Wildman–Crippen MR) is 109 cm³/mol.